The summed E-state index contributed by atoms with van der Waals surface area (Å²) in [5.74, 6) is -0.381. The molecule has 1 amide bonds. The number of carbonyl (C=O) groups is 1. The van der Waals surface area contributed by atoms with Gasteiger partial charge in [-0.25, -0.2) is 0 Å². The van der Waals surface area contributed by atoms with Crippen molar-refractivity contribution in [1.82, 2.24) is 4.98 Å². The first kappa shape index (κ1) is 18.5. The minimum atomic E-state index is -0.381. The predicted octanol–water partition coefficient (Wildman–Crippen LogP) is 5.86. The molecule has 0 radical (unpaired) electrons. The van der Waals surface area contributed by atoms with Gasteiger partial charge in [-0.15, -0.1) is 0 Å². The first-order valence-corrected chi connectivity index (χ1v) is 9.68. The van der Waals surface area contributed by atoms with E-state index in [4.69, 9.17) is 11.6 Å². The van der Waals surface area contributed by atoms with E-state index in [1.807, 2.05) is 48.5 Å². The van der Waals surface area contributed by atoms with Crippen molar-refractivity contribution in [3.8, 4) is 11.1 Å². The number of rotatable bonds is 3. The molecule has 0 saturated heterocycles. The van der Waals surface area contributed by atoms with Crippen LogP contribution in [0.2, 0.25) is 5.02 Å². The highest BCUT2D eigenvalue weighted by Gasteiger charge is 2.18. The molecule has 28 heavy (non-hydrogen) atoms. The number of hydrogen-bond donors (Lipinski definition) is 2. The zero-order valence-electron chi connectivity index (χ0n) is 14.5. The fraction of sp³-hybridized carbons (Fsp3) is 0. The van der Waals surface area contributed by atoms with Crippen molar-refractivity contribution < 1.29 is 4.79 Å². The van der Waals surface area contributed by atoms with E-state index in [-0.39, 0.29) is 17.2 Å². The first-order valence-electron chi connectivity index (χ1n) is 8.51. The summed E-state index contributed by atoms with van der Waals surface area (Å²) >= 11 is 9.38. The van der Waals surface area contributed by atoms with Crippen LogP contribution in [0.4, 0.5) is 5.69 Å². The largest absolute Gasteiger partial charge is 0.320 e. The average Bonchev–Trinajstić information content (AvgIpc) is 2.70. The fourth-order valence-corrected chi connectivity index (χ4v) is 3.56. The SMILES string of the molecule is O=C(Nc1c(-c2ccccc2)c2cc(Br)ccc2[nH]c1=O)c1ccc(Cl)cc1. The number of nitrogens with one attached hydrogen (secondary N) is 2. The third kappa shape index (κ3) is 3.59. The van der Waals surface area contributed by atoms with Gasteiger partial charge in [-0.2, -0.15) is 0 Å². The molecule has 2 N–H and O–H groups in total. The summed E-state index contributed by atoms with van der Waals surface area (Å²) in [5, 5.41) is 4.15. The Kier molecular flexibility index (Phi) is 5.03. The van der Waals surface area contributed by atoms with E-state index < -0.39 is 0 Å². The smallest absolute Gasteiger partial charge is 0.272 e. The second-order valence-corrected chi connectivity index (χ2v) is 7.57. The van der Waals surface area contributed by atoms with Crippen LogP contribution in [-0.4, -0.2) is 10.9 Å². The number of pyridine rings is 1. The molecule has 6 heteroatoms. The zero-order valence-corrected chi connectivity index (χ0v) is 16.8. The molecule has 0 aliphatic carbocycles. The van der Waals surface area contributed by atoms with Gasteiger partial charge in [0, 0.05) is 31.5 Å². The Balaban J connectivity index is 1.92. The highest BCUT2D eigenvalue weighted by Crippen LogP contribution is 2.34. The summed E-state index contributed by atoms with van der Waals surface area (Å²) < 4.78 is 0.874. The molecule has 0 fully saturated rings. The minimum absolute atomic E-state index is 0.205. The second kappa shape index (κ2) is 7.62. The van der Waals surface area contributed by atoms with Gasteiger partial charge in [-0.1, -0.05) is 57.9 Å². The predicted molar refractivity (Wildman–Crippen MR) is 117 cm³/mol. The Hall–Kier alpha value is -2.89. The maximum Gasteiger partial charge on any atom is 0.272 e. The van der Waals surface area contributed by atoms with E-state index in [0.717, 1.165) is 15.4 Å². The van der Waals surface area contributed by atoms with Crippen molar-refractivity contribution in [2.75, 3.05) is 5.32 Å². The van der Waals surface area contributed by atoms with E-state index in [2.05, 4.69) is 26.2 Å². The van der Waals surface area contributed by atoms with Crippen molar-refractivity contribution in [1.29, 1.82) is 0 Å². The third-order valence-electron chi connectivity index (χ3n) is 4.38. The number of hydrogen-bond acceptors (Lipinski definition) is 2. The molecule has 0 spiro atoms. The van der Waals surface area contributed by atoms with E-state index in [0.29, 0.717) is 21.7 Å². The van der Waals surface area contributed by atoms with Gasteiger partial charge >= 0.3 is 0 Å². The molecule has 0 bridgehead atoms. The minimum Gasteiger partial charge on any atom is -0.320 e. The molecule has 4 nitrogen and oxygen atoms in total. The Morgan fingerprint density at radius 3 is 2.39 bits per heavy atom. The summed E-state index contributed by atoms with van der Waals surface area (Å²) in [6, 6.07) is 21.6. The molecule has 0 unspecified atom stereocenters. The van der Waals surface area contributed by atoms with E-state index >= 15 is 0 Å². The number of benzene rings is 3. The fourth-order valence-electron chi connectivity index (χ4n) is 3.08. The molecular weight excluding hydrogens is 440 g/mol. The zero-order chi connectivity index (χ0) is 19.7. The number of aromatic nitrogens is 1. The average molecular weight is 454 g/mol. The molecule has 138 valence electrons. The second-order valence-electron chi connectivity index (χ2n) is 6.22. The topological polar surface area (TPSA) is 62.0 Å². The van der Waals surface area contributed by atoms with Gasteiger partial charge in [0.1, 0.15) is 5.69 Å². The van der Waals surface area contributed by atoms with Crippen LogP contribution in [0.1, 0.15) is 10.4 Å². The van der Waals surface area contributed by atoms with Crippen LogP contribution in [0.5, 0.6) is 0 Å². The standard InChI is InChI=1S/C22H14BrClN2O2/c23-15-8-11-18-17(12-15)19(13-4-2-1-3-5-13)20(22(28)25-18)26-21(27)14-6-9-16(24)10-7-14/h1-12H,(H,25,28)(H,26,27). The Bertz CT molecular complexity index is 1240. The number of halogens is 2. The van der Waals surface area contributed by atoms with Crippen LogP contribution in [0, 0.1) is 0 Å². The summed E-state index contributed by atoms with van der Waals surface area (Å²) in [5.41, 5.74) is 2.45. The summed E-state index contributed by atoms with van der Waals surface area (Å²) in [4.78, 5) is 28.4. The van der Waals surface area contributed by atoms with Crippen LogP contribution in [0.3, 0.4) is 0 Å². The molecule has 4 aromatic rings. The highest BCUT2D eigenvalue weighted by atomic mass is 79.9. The van der Waals surface area contributed by atoms with Crippen molar-refractivity contribution in [2.45, 2.75) is 0 Å². The lowest BCUT2D eigenvalue weighted by Gasteiger charge is -2.14. The van der Waals surface area contributed by atoms with Crippen LogP contribution < -0.4 is 10.9 Å². The molecule has 0 aliphatic rings. The first-order chi connectivity index (χ1) is 13.5. The quantitative estimate of drug-likeness (QED) is 0.408. The molecule has 1 aromatic heterocycles. The van der Waals surface area contributed by atoms with Crippen molar-refractivity contribution in [2.24, 2.45) is 0 Å². The molecule has 0 atom stereocenters. The van der Waals surface area contributed by atoms with E-state index in [1.54, 1.807) is 24.3 Å². The normalized spacial score (nSPS) is 10.8. The van der Waals surface area contributed by atoms with Crippen molar-refractivity contribution in [3.05, 3.63) is 98.2 Å². The number of anilines is 1. The maximum absolute atomic E-state index is 12.8. The summed E-state index contributed by atoms with van der Waals surface area (Å²) in [6.07, 6.45) is 0. The van der Waals surface area contributed by atoms with Gasteiger partial charge in [-0.3, -0.25) is 9.59 Å². The van der Waals surface area contributed by atoms with Gasteiger partial charge < -0.3 is 10.3 Å². The van der Waals surface area contributed by atoms with Crippen LogP contribution >= 0.6 is 27.5 Å². The van der Waals surface area contributed by atoms with Crippen molar-refractivity contribution in [3.63, 3.8) is 0 Å². The van der Waals surface area contributed by atoms with Crippen LogP contribution in [-0.2, 0) is 0 Å². The number of aromatic amines is 1. The Labute approximate surface area is 174 Å². The van der Waals surface area contributed by atoms with Crippen molar-refractivity contribution >= 4 is 50.0 Å². The third-order valence-corrected chi connectivity index (χ3v) is 5.13. The monoisotopic (exact) mass is 452 g/mol. The van der Waals surface area contributed by atoms with E-state index in [1.165, 1.54) is 0 Å². The molecular formula is C22H14BrClN2O2. The Morgan fingerprint density at radius 2 is 1.68 bits per heavy atom. The van der Waals surface area contributed by atoms with Gasteiger partial charge in [0.15, 0.2) is 0 Å². The maximum atomic E-state index is 12.8. The molecule has 0 aliphatic heterocycles. The number of amides is 1. The lowest BCUT2D eigenvalue weighted by atomic mass is 9.99. The van der Waals surface area contributed by atoms with Crippen LogP contribution in [0.25, 0.3) is 22.0 Å². The van der Waals surface area contributed by atoms with Gasteiger partial charge in [0.2, 0.25) is 0 Å². The van der Waals surface area contributed by atoms with E-state index in [9.17, 15) is 9.59 Å². The van der Waals surface area contributed by atoms with Gasteiger partial charge in [0.05, 0.1) is 0 Å². The number of carbonyl (C=O) groups excluding carboxylic acids is 1. The molecule has 3 aromatic carbocycles. The molecule has 0 saturated carbocycles. The molecule has 4 rings (SSSR count). The highest BCUT2D eigenvalue weighted by molar-refractivity contribution is 9.10. The lowest BCUT2D eigenvalue weighted by molar-refractivity contribution is 0.102. The Morgan fingerprint density at radius 1 is 0.964 bits per heavy atom. The number of H-pyrrole nitrogens is 1. The lowest BCUT2D eigenvalue weighted by Crippen LogP contribution is -2.21. The molecule has 1 heterocycles. The van der Waals surface area contributed by atoms with Gasteiger partial charge in [0.25, 0.3) is 11.5 Å². The summed E-state index contributed by atoms with van der Waals surface area (Å²) in [7, 11) is 0. The number of fused-ring (bicyclic) bond motifs is 1. The van der Waals surface area contributed by atoms with Crippen LogP contribution in [0.15, 0.2) is 82.1 Å². The van der Waals surface area contributed by atoms with Gasteiger partial charge in [-0.05, 0) is 48.0 Å². The summed E-state index contributed by atoms with van der Waals surface area (Å²) in [6.45, 7) is 0.